The summed E-state index contributed by atoms with van der Waals surface area (Å²) in [4.78, 5) is 39.9. The molecule has 1 aromatic heterocycles. The molecule has 1 atom stereocenters. The summed E-state index contributed by atoms with van der Waals surface area (Å²) in [7, 11) is 1.59. The molecule has 0 aliphatic carbocycles. The van der Waals surface area contributed by atoms with Crippen molar-refractivity contribution in [2.24, 2.45) is 5.92 Å². The van der Waals surface area contributed by atoms with Crippen LogP contribution < -0.4 is 14.5 Å². The van der Waals surface area contributed by atoms with Crippen LogP contribution in [0.4, 0.5) is 11.6 Å². The van der Waals surface area contributed by atoms with E-state index in [0.29, 0.717) is 44.4 Å². The molecule has 2 amide bonds. The van der Waals surface area contributed by atoms with E-state index in [9.17, 15) is 9.59 Å². The molecular weight excluding hydrogens is 370 g/mol. The highest BCUT2D eigenvalue weighted by atomic mass is 16.5. The van der Waals surface area contributed by atoms with Crippen molar-refractivity contribution in [1.82, 2.24) is 14.9 Å². The Hall–Kier alpha value is -3.16. The second kappa shape index (κ2) is 8.06. The van der Waals surface area contributed by atoms with Gasteiger partial charge in [-0.15, -0.1) is 0 Å². The summed E-state index contributed by atoms with van der Waals surface area (Å²) in [5.74, 6) is 1.01. The van der Waals surface area contributed by atoms with Crippen molar-refractivity contribution in [2.75, 3.05) is 49.6 Å². The standard InChI is InChI=1S/C21H25N5O3/c1-15-4-5-18(29-2)17(12-15)26-14-16(13-19(26)27)20(28)24-8-10-25(11-9-24)21-22-6-3-7-23-21/h3-7,12,16H,8-11,13-14H2,1-2H3/t16-/m1/s1. The Balaban J connectivity index is 1.41. The normalized spacial score (nSPS) is 19.6. The Bertz CT molecular complexity index is 896. The van der Waals surface area contributed by atoms with E-state index < -0.39 is 0 Å². The molecule has 152 valence electrons. The predicted octanol–water partition coefficient (Wildman–Crippen LogP) is 1.50. The van der Waals surface area contributed by atoms with Crippen molar-refractivity contribution in [3.05, 3.63) is 42.2 Å². The lowest BCUT2D eigenvalue weighted by Crippen LogP contribution is -2.51. The zero-order valence-electron chi connectivity index (χ0n) is 16.7. The molecule has 4 rings (SSSR count). The summed E-state index contributed by atoms with van der Waals surface area (Å²) in [5, 5.41) is 0. The van der Waals surface area contributed by atoms with Crippen molar-refractivity contribution in [2.45, 2.75) is 13.3 Å². The Morgan fingerprint density at radius 3 is 2.55 bits per heavy atom. The third kappa shape index (κ3) is 3.87. The maximum absolute atomic E-state index is 13.1. The number of anilines is 2. The van der Waals surface area contributed by atoms with E-state index in [1.54, 1.807) is 30.5 Å². The average molecular weight is 395 g/mol. The molecule has 0 radical (unpaired) electrons. The number of aromatic nitrogens is 2. The highest BCUT2D eigenvalue weighted by Gasteiger charge is 2.39. The molecule has 2 saturated heterocycles. The number of carbonyl (C=O) groups is 2. The molecule has 0 N–H and O–H groups in total. The van der Waals surface area contributed by atoms with Crippen LogP contribution in [0.5, 0.6) is 5.75 Å². The smallest absolute Gasteiger partial charge is 0.228 e. The van der Waals surface area contributed by atoms with E-state index in [-0.39, 0.29) is 24.2 Å². The van der Waals surface area contributed by atoms with Gasteiger partial charge in [0.1, 0.15) is 5.75 Å². The first-order chi connectivity index (χ1) is 14.1. The van der Waals surface area contributed by atoms with Crippen molar-refractivity contribution < 1.29 is 14.3 Å². The minimum absolute atomic E-state index is 0.0384. The largest absolute Gasteiger partial charge is 0.495 e. The Labute approximate surface area is 170 Å². The molecule has 0 saturated carbocycles. The van der Waals surface area contributed by atoms with E-state index in [2.05, 4.69) is 14.9 Å². The molecule has 2 aliphatic heterocycles. The minimum Gasteiger partial charge on any atom is -0.495 e. The number of piperazine rings is 1. The summed E-state index contributed by atoms with van der Waals surface area (Å²) >= 11 is 0. The van der Waals surface area contributed by atoms with Gasteiger partial charge in [0.05, 0.1) is 18.7 Å². The monoisotopic (exact) mass is 395 g/mol. The number of amides is 2. The summed E-state index contributed by atoms with van der Waals surface area (Å²) in [5.41, 5.74) is 1.78. The van der Waals surface area contributed by atoms with Gasteiger partial charge in [-0.3, -0.25) is 9.59 Å². The van der Waals surface area contributed by atoms with Crippen molar-refractivity contribution >= 4 is 23.5 Å². The van der Waals surface area contributed by atoms with Crippen LogP contribution in [0, 0.1) is 12.8 Å². The first-order valence-electron chi connectivity index (χ1n) is 9.82. The van der Waals surface area contributed by atoms with Gasteiger partial charge < -0.3 is 19.4 Å². The summed E-state index contributed by atoms with van der Waals surface area (Å²) in [6.45, 7) is 4.95. The van der Waals surface area contributed by atoms with Gasteiger partial charge in [0, 0.05) is 51.5 Å². The van der Waals surface area contributed by atoms with Crippen LogP contribution in [0.1, 0.15) is 12.0 Å². The predicted molar refractivity (Wildman–Crippen MR) is 109 cm³/mol. The second-order valence-corrected chi connectivity index (χ2v) is 7.44. The number of hydrogen-bond acceptors (Lipinski definition) is 6. The van der Waals surface area contributed by atoms with Gasteiger partial charge >= 0.3 is 0 Å². The first-order valence-corrected chi connectivity index (χ1v) is 9.82. The fraction of sp³-hybridized carbons (Fsp3) is 0.429. The van der Waals surface area contributed by atoms with Gasteiger partial charge in [-0.05, 0) is 30.7 Å². The molecule has 2 aliphatic rings. The molecule has 8 nitrogen and oxygen atoms in total. The highest BCUT2D eigenvalue weighted by Crippen LogP contribution is 2.34. The quantitative estimate of drug-likeness (QED) is 0.781. The number of rotatable bonds is 4. The minimum atomic E-state index is -0.327. The average Bonchev–Trinajstić information content (AvgIpc) is 3.15. The van der Waals surface area contributed by atoms with Crippen molar-refractivity contribution in [3.8, 4) is 5.75 Å². The zero-order valence-corrected chi connectivity index (χ0v) is 16.7. The van der Waals surface area contributed by atoms with Crippen molar-refractivity contribution in [3.63, 3.8) is 0 Å². The third-order valence-electron chi connectivity index (χ3n) is 5.53. The lowest BCUT2D eigenvalue weighted by atomic mass is 10.1. The number of carbonyl (C=O) groups excluding carboxylic acids is 2. The van der Waals surface area contributed by atoms with Crippen LogP contribution in [0.25, 0.3) is 0 Å². The maximum Gasteiger partial charge on any atom is 0.228 e. The molecule has 0 unspecified atom stereocenters. The molecule has 29 heavy (non-hydrogen) atoms. The topological polar surface area (TPSA) is 78.9 Å². The number of methoxy groups -OCH3 is 1. The van der Waals surface area contributed by atoms with Gasteiger partial charge in [-0.1, -0.05) is 6.07 Å². The lowest BCUT2D eigenvalue weighted by Gasteiger charge is -2.35. The van der Waals surface area contributed by atoms with Crippen LogP contribution >= 0.6 is 0 Å². The molecular formula is C21H25N5O3. The fourth-order valence-electron chi connectivity index (χ4n) is 3.96. The molecule has 1 aromatic carbocycles. The maximum atomic E-state index is 13.1. The summed E-state index contributed by atoms with van der Waals surface area (Å²) < 4.78 is 5.42. The second-order valence-electron chi connectivity index (χ2n) is 7.44. The van der Waals surface area contributed by atoms with Crippen LogP contribution in [-0.4, -0.2) is 66.5 Å². The van der Waals surface area contributed by atoms with Gasteiger partial charge in [0.25, 0.3) is 0 Å². The van der Waals surface area contributed by atoms with Crippen LogP contribution in [0.2, 0.25) is 0 Å². The van der Waals surface area contributed by atoms with E-state index in [4.69, 9.17) is 4.74 Å². The number of aryl methyl sites for hydroxylation is 1. The zero-order chi connectivity index (χ0) is 20.4. The lowest BCUT2D eigenvalue weighted by molar-refractivity contribution is -0.136. The van der Waals surface area contributed by atoms with Gasteiger partial charge in [0.2, 0.25) is 17.8 Å². The van der Waals surface area contributed by atoms with Crippen LogP contribution in [0.15, 0.2) is 36.7 Å². The van der Waals surface area contributed by atoms with Crippen molar-refractivity contribution in [1.29, 1.82) is 0 Å². The number of ether oxygens (including phenoxy) is 1. The molecule has 0 spiro atoms. The molecule has 2 fully saturated rings. The molecule has 3 heterocycles. The summed E-state index contributed by atoms with van der Waals surface area (Å²) in [6.07, 6.45) is 3.67. The Kier molecular flexibility index (Phi) is 5.33. The van der Waals surface area contributed by atoms with Gasteiger partial charge in [0.15, 0.2) is 0 Å². The van der Waals surface area contributed by atoms with Crippen LogP contribution in [0.3, 0.4) is 0 Å². The highest BCUT2D eigenvalue weighted by molar-refractivity contribution is 6.01. The number of nitrogens with zero attached hydrogens (tertiary/aromatic N) is 5. The Morgan fingerprint density at radius 1 is 1.14 bits per heavy atom. The van der Waals surface area contributed by atoms with E-state index in [1.165, 1.54) is 0 Å². The van der Waals surface area contributed by atoms with Crippen LogP contribution in [-0.2, 0) is 9.59 Å². The number of benzene rings is 1. The van der Waals surface area contributed by atoms with E-state index in [1.807, 2.05) is 30.0 Å². The van der Waals surface area contributed by atoms with Gasteiger partial charge in [-0.25, -0.2) is 9.97 Å². The summed E-state index contributed by atoms with van der Waals surface area (Å²) in [6, 6.07) is 7.52. The first kappa shape index (κ1) is 19.2. The molecule has 2 aromatic rings. The van der Waals surface area contributed by atoms with Gasteiger partial charge in [-0.2, -0.15) is 0 Å². The molecule has 0 bridgehead atoms. The van der Waals surface area contributed by atoms with E-state index >= 15 is 0 Å². The molecule has 8 heteroatoms. The fourth-order valence-corrected chi connectivity index (χ4v) is 3.96. The SMILES string of the molecule is COc1ccc(C)cc1N1C[C@H](C(=O)N2CCN(c3ncccn3)CC2)CC1=O. The Morgan fingerprint density at radius 2 is 1.86 bits per heavy atom. The third-order valence-corrected chi connectivity index (χ3v) is 5.53. The van der Waals surface area contributed by atoms with E-state index in [0.717, 1.165) is 11.3 Å². The number of hydrogen-bond donors (Lipinski definition) is 0.